The zero-order valence-corrected chi connectivity index (χ0v) is 18.6. The van der Waals surface area contributed by atoms with Crippen LogP contribution in [0.1, 0.15) is 34.4 Å². The molecule has 9 nitrogen and oxygen atoms in total. The SMILES string of the molecule is N#Cc1c(NC(=O)/C=C/c2cccnc2)sc2c1CCC(OC(=O)N1CC[C@@H](O)[C@@H](O)C1)C2. The van der Waals surface area contributed by atoms with Crippen LogP contribution in [0.5, 0.6) is 0 Å². The second kappa shape index (κ2) is 10.1. The molecule has 3 heterocycles. The van der Waals surface area contributed by atoms with Gasteiger partial charge in [-0.15, -0.1) is 11.3 Å². The molecular formula is C23H24N4O5S. The Morgan fingerprint density at radius 2 is 2.18 bits per heavy atom. The lowest BCUT2D eigenvalue weighted by Gasteiger charge is -2.34. The molecule has 1 fully saturated rings. The first-order chi connectivity index (χ1) is 15.9. The van der Waals surface area contributed by atoms with Crippen LogP contribution in [0, 0.1) is 11.3 Å². The summed E-state index contributed by atoms with van der Waals surface area (Å²) in [5.41, 5.74) is 2.13. The Labute approximate surface area is 194 Å². The summed E-state index contributed by atoms with van der Waals surface area (Å²) in [5.74, 6) is -0.345. The van der Waals surface area contributed by atoms with Gasteiger partial charge in [-0.1, -0.05) is 6.07 Å². The number of hydrogen-bond donors (Lipinski definition) is 3. The number of carbonyl (C=O) groups excluding carboxylic acids is 2. The largest absolute Gasteiger partial charge is 0.446 e. The molecule has 1 unspecified atom stereocenters. The molecule has 3 N–H and O–H groups in total. The Kier molecular flexibility index (Phi) is 7.03. The lowest BCUT2D eigenvalue weighted by atomic mass is 9.94. The number of fused-ring (bicyclic) bond motifs is 1. The minimum Gasteiger partial charge on any atom is -0.446 e. The number of nitriles is 1. The summed E-state index contributed by atoms with van der Waals surface area (Å²) in [5, 5.41) is 32.4. The fraction of sp³-hybridized carbons (Fsp3) is 0.391. The molecule has 2 amide bonds. The van der Waals surface area contributed by atoms with Crippen molar-refractivity contribution in [3.63, 3.8) is 0 Å². The van der Waals surface area contributed by atoms with Crippen molar-refractivity contribution < 1.29 is 24.5 Å². The number of ether oxygens (including phenoxy) is 1. The molecule has 1 aliphatic heterocycles. The van der Waals surface area contributed by atoms with Crippen molar-refractivity contribution in [3.05, 3.63) is 52.2 Å². The van der Waals surface area contributed by atoms with Crippen LogP contribution in [-0.2, 0) is 22.4 Å². The third-order valence-corrected chi connectivity index (χ3v) is 6.92. The average Bonchev–Trinajstić information content (AvgIpc) is 3.16. The summed E-state index contributed by atoms with van der Waals surface area (Å²) in [6.07, 6.45) is 5.56. The molecule has 1 aliphatic carbocycles. The predicted molar refractivity (Wildman–Crippen MR) is 121 cm³/mol. The highest BCUT2D eigenvalue weighted by Gasteiger charge is 2.33. The summed E-state index contributed by atoms with van der Waals surface area (Å²) in [7, 11) is 0. The Morgan fingerprint density at radius 3 is 2.91 bits per heavy atom. The zero-order valence-electron chi connectivity index (χ0n) is 17.8. The van der Waals surface area contributed by atoms with Crippen molar-refractivity contribution in [2.24, 2.45) is 0 Å². The zero-order chi connectivity index (χ0) is 23.4. The topological polar surface area (TPSA) is 136 Å². The van der Waals surface area contributed by atoms with E-state index in [0.717, 1.165) is 16.0 Å². The number of aliphatic hydroxyl groups excluding tert-OH is 2. The quantitative estimate of drug-likeness (QED) is 0.585. The molecule has 0 radical (unpaired) electrons. The summed E-state index contributed by atoms with van der Waals surface area (Å²) >= 11 is 1.32. The van der Waals surface area contributed by atoms with Gasteiger partial charge in [0.15, 0.2) is 0 Å². The van der Waals surface area contributed by atoms with Crippen LogP contribution >= 0.6 is 11.3 Å². The lowest BCUT2D eigenvalue weighted by Crippen LogP contribution is -2.49. The summed E-state index contributed by atoms with van der Waals surface area (Å²) < 4.78 is 5.64. The Morgan fingerprint density at radius 1 is 1.33 bits per heavy atom. The Balaban J connectivity index is 1.39. The third kappa shape index (κ3) is 5.39. The van der Waals surface area contributed by atoms with E-state index in [9.17, 15) is 25.1 Å². The molecule has 2 aromatic heterocycles. The van der Waals surface area contributed by atoms with Gasteiger partial charge in [-0.3, -0.25) is 9.78 Å². The normalized spacial score (nSPS) is 22.5. The number of β-amino-alcohol motifs (C(OH)–C–C–N with tert-alkyl or cyclic N) is 1. The first kappa shape index (κ1) is 22.9. The number of aromatic nitrogens is 1. The van der Waals surface area contributed by atoms with Crippen LogP contribution in [0.4, 0.5) is 9.80 Å². The second-order valence-electron chi connectivity index (χ2n) is 8.05. The maximum absolute atomic E-state index is 12.5. The summed E-state index contributed by atoms with van der Waals surface area (Å²) in [4.78, 5) is 31.2. The third-order valence-electron chi connectivity index (χ3n) is 5.75. The van der Waals surface area contributed by atoms with Gasteiger partial charge in [0.2, 0.25) is 5.91 Å². The van der Waals surface area contributed by atoms with Gasteiger partial charge in [-0.2, -0.15) is 5.26 Å². The number of anilines is 1. The molecule has 33 heavy (non-hydrogen) atoms. The number of carbonyl (C=O) groups is 2. The molecule has 0 bridgehead atoms. The Bertz CT molecular complexity index is 1090. The fourth-order valence-corrected chi connectivity index (χ4v) is 5.23. The van der Waals surface area contributed by atoms with E-state index in [2.05, 4.69) is 16.4 Å². The first-order valence-electron chi connectivity index (χ1n) is 10.7. The lowest BCUT2D eigenvalue weighted by molar-refractivity contribution is -0.111. The maximum Gasteiger partial charge on any atom is 0.410 e. The van der Waals surface area contributed by atoms with Crippen molar-refractivity contribution in [3.8, 4) is 6.07 Å². The van der Waals surface area contributed by atoms with Crippen molar-refractivity contribution >= 4 is 34.4 Å². The predicted octanol–water partition coefficient (Wildman–Crippen LogP) is 2.09. The molecule has 2 aromatic rings. The van der Waals surface area contributed by atoms with Crippen LogP contribution in [0.25, 0.3) is 6.08 Å². The van der Waals surface area contributed by atoms with Crippen LogP contribution in [0.3, 0.4) is 0 Å². The fourth-order valence-electron chi connectivity index (χ4n) is 3.96. The van der Waals surface area contributed by atoms with Crippen molar-refractivity contribution in [2.45, 2.75) is 44.0 Å². The van der Waals surface area contributed by atoms with E-state index in [1.165, 1.54) is 22.3 Å². The molecule has 3 atom stereocenters. The van der Waals surface area contributed by atoms with E-state index in [4.69, 9.17) is 4.74 Å². The monoisotopic (exact) mass is 468 g/mol. The van der Waals surface area contributed by atoms with Gasteiger partial charge in [0.1, 0.15) is 17.2 Å². The van der Waals surface area contributed by atoms with Crippen molar-refractivity contribution in [1.82, 2.24) is 9.88 Å². The van der Waals surface area contributed by atoms with Gasteiger partial charge in [-0.25, -0.2) is 4.79 Å². The molecule has 0 spiro atoms. The van der Waals surface area contributed by atoms with Crippen LogP contribution in [0.15, 0.2) is 30.6 Å². The highest BCUT2D eigenvalue weighted by Crippen LogP contribution is 2.38. The minimum atomic E-state index is -0.974. The molecule has 172 valence electrons. The van der Waals surface area contributed by atoms with Crippen molar-refractivity contribution in [1.29, 1.82) is 5.26 Å². The molecule has 0 saturated carbocycles. The number of thiophene rings is 1. The number of nitrogens with one attached hydrogen (secondary N) is 1. The van der Waals surface area contributed by atoms with Gasteiger partial charge < -0.3 is 25.2 Å². The van der Waals surface area contributed by atoms with Crippen LogP contribution in [-0.4, -0.2) is 63.5 Å². The summed E-state index contributed by atoms with van der Waals surface area (Å²) in [6, 6.07) is 5.80. The molecular weight excluding hydrogens is 444 g/mol. The number of rotatable bonds is 4. The van der Waals surface area contributed by atoms with Gasteiger partial charge in [0.05, 0.1) is 24.3 Å². The summed E-state index contributed by atoms with van der Waals surface area (Å²) in [6.45, 7) is 0.369. The second-order valence-corrected chi connectivity index (χ2v) is 9.15. The van der Waals surface area contributed by atoms with Gasteiger partial charge in [0.25, 0.3) is 0 Å². The van der Waals surface area contributed by atoms with Crippen molar-refractivity contribution in [2.75, 3.05) is 18.4 Å². The van der Waals surface area contributed by atoms with Gasteiger partial charge in [-0.05, 0) is 42.5 Å². The van der Waals surface area contributed by atoms with E-state index >= 15 is 0 Å². The molecule has 2 aliphatic rings. The number of amides is 2. The number of aliphatic hydroxyl groups is 2. The first-order valence-corrected chi connectivity index (χ1v) is 11.5. The van der Waals surface area contributed by atoms with E-state index in [1.54, 1.807) is 24.5 Å². The van der Waals surface area contributed by atoms with E-state index < -0.39 is 18.3 Å². The highest BCUT2D eigenvalue weighted by atomic mass is 32.1. The number of likely N-dealkylation sites (tertiary alicyclic amines) is 1. The van der Waals surface area contributed by atoms with Gasteiger partial charge in [0, 0.05) is 36.3 Å². The molecule has 10 heteroatoms. The van der Waals surface area contributed by atoms with E-state index in [0.29, 0.717) is 42.8 Å². The van der Waals surface area contributed by atoms with Gasteiger partial charge >= 0.3 is 6.09 Å². The minimum absolute atomic E-state index is 0.0400. The standard InChI is InChI=1S/C23H24N4O5S/c24-11-17-16-5-4-15(32-23(31)27-9-7-18(28)19(29)13-27)10-20(16)33-22(17)26-21(30)6-3-14-2-1-8-25-12-14/h1-3,6,8,12,15,18-19,28-29H,4-5,7,9-10,13H2,(H,26,30)/b6-3+/t15?,18-,19+/m1/s1. The maximum atomic E-state index is 12.5. The smallest absolute Gasteiger partial charge is 0.410 e. The number of nitrogens with zero attached hydrogens (tertiary/aromatic N) is 3. The van der Waals surface area contributed by atoms with E-state index in [1.807, 2.05) is 6.07 Å². The van der Waals surface area contributed by atoms with E-state index in [-0.39, 0.29) is 18.6 Å². The molecule has 0 aromatic carbocycles. The Hall–Kier alpha value is -3.26. The number of pyridine rings is 1. The number of hydrogen-bond acceptors (Lipinski definition) is 8. The average molecular weight is 469 g/mol. The highest BCUT2D eigenvalue weighted by molar-refractivity contribution is 7.16. The number of piperidine rings is 1. The molecule has 1 saturated heterocycles. The van der Waals surface area contributed by atoms with Crippen LogP contribution < -0.4 is 5.32 Å². The van der Waals surface area contributed by atoms with Crippen LogP contribution in [0.2, 0.25) is 0 Å². The molecule has 4 rings (SSSR count).